The molecular weight excluding hydrogens is 116 g/mol. The first-order valence-electron chi connectivity index (χ1n) is 3.12. The van der Waals surface area contributed by atoms with Gasteiger partial charge in [0.1, 0.15) is 0 Å². The molecule has 0 radical (unpaired) electrons. The van der Waals surface area contributed by atoms with Gasteiger partial charge in [-0.25, -0.2) is 0 Å². The van der Waals surface area contributed by atoms with E-state index in [1.165, 1.54) is 0 Å². The molecule has 0 fully saturated rings. The second kappa shape index (κ2) is 5.56. The summed E-state index contributed by atoms with van der Waals surface area (Å²) in [5, 5.41) is 12.3. The van der Waals surface area contributed by atoms with Gasteiger partial charge in [0.05, 0.1) is 0 Å². The normalized spacial score (nSPS) is 8.78. The Bertz CT molecular complexity index is 87.1. The maximum absolute atomic E-state index is 8.34. The third-order valence-electron chi connectivity index (χ3n) is 0.749. The first-order chi connectivity index (χ1) is 4.27. The Morgan fingerprint density at radius 2 is 2.22 bits per heavy atom. The molecule has 0 aromatic carbocycles. The Morgan fingerprint density at radius 3 is 2.67 bits per heavy atom. The Labute approximate surface area is 55.8 Å². The Kier molecular flexibility index (Phi) is 5.21. The molecule has 0 aliphatic heterocycles. The van der Waals surface area contributed by atoms with Crippen molar-refractivity contribution in [1.82, 2.24) is 5.43 Å². The van der Waals surface area contributed by atoms with Crippen LogP contribution in [0.1, 0.15) is 20.3 Å². The zero-order valence-corrected chi connectivity index (χ0v) is 6.02. The van der Waals surface area contributed by atoms with E-state index in [1.807, 2.05) is 13.8 Å². The topological polar surface area (TPSA) is 44.6 Å². The molecule has 0 atom stereocenters. The summed E-state index contributed by atoms with van der Waals surface area (Å²) in [6, 6.07) is 0. The fraction of sp³-hybridized carbons (Fsp3) is 0.833. The van der Waals surface area contributed by atoms with E-state index in [1.54, 1.807) is 0 Å². The number of rotatable bonds is 4. The molecule has 3 heteroatoms. The van der Waals surface area contributed by atoms with Gasteiger partial charge in [-0.15, -0.1) is 0 Å². The first-order valence-corrected chi connectivity index (χ1v) is 3.12. The highest BCUT2D eigenvalue weighted by atomic mass is 16.3. The average Bonchev–Trinajstić information content (AvgIpc) is 1.80. The molecule has 0 aromatic rings. The number of nitrogens with zero attached hydrogens (tertiary/aromatic N) is 1. The molecule has 0 heterocycles. The van der Waals surface area contributed by atoms with Crippen LogP contribution < -0.4 is 5.43 Å². The van der Waals surface area contributed by atoms with E-state index in [-0.39, 0.29) is 6.61 Å². The van der Waals surface area contributed by atoms with Crippen LogP contribution in [-0.2, 0) is 0 Å². The van der Waals surface area contributed by atoms with Crippen LogP contribution in [0.4, 0.5) is 0 Å². The van der Waals surface area contributed by atoms with E-state index in [0.717, 1.165) is 18.7 Å². The van der Waals surface area contributed by atoms with Crippen molar-refractivity contribution in [2.45, 2.75) is 20.3 Å². The van der Waals surface area contributed by atoms with Crippen LogP contribution in [0.3, 0.4) is 0 Å². The predicted octanol–water partition coefficient (Wildman–Crippen LogP) is 0.354. The molecule has 0 saturated carbocycles. The van der Waals surface area contributed by atoms with Crippen molar-refractivity contribution in [1.29, 1.82) is 0 Å². The molecule has 3 nitrogen and oxygen atoms in total. The van der Waals surface area contributed by atoms with Gasteiger partial charge in [0, 0.05) is 18.9 Å². The third kappa shape index (κ3) is 7.43. The standard InChI is InChI=1S/C6H14N2O/c1-6(2)8-7-4-3-5-9/h7,9H,3-5H2,1-2H3. The minimum absolute atomic E-state index is 0.227. The van der Waals surface area contributed by atoms with Crippen LogP contribution in [0, 0.1) is 0 Å². The molecule has 0 rings (SSSR count). The van der Waals surface area contributed by atoms with Crippen molar-refractivity contribution in [3.63, 3.8) is 0 Å². The van der Waals surface area contributed by atoms with Gasteiger partial charge in [-0.1, -0.05) is 0 Å². The molecule has 9 heavy (non-hydrogen) atoms. The van der Waals surface area contributed by atoms with Gasteiger partial charge in [-0.05, 0) is 20.3 Å². The van der Waals surface area contributed by atoms with Gasteiger partial charge in [-0.2, -0.15) is 5.10 Å². The summed E-state index contributed by atoms with van der Waals surface area (Å²) in [4.78, 5) is 0. The molecule has 2 N–H and O–H groups in total. The van der Waals surface area contributed by atoms with Crippen molar-refractivity contribution >= 4 is 5.71 Å². The smallest absolute Gasteiger partial charge is 0.0448 e. The zero-order chi connectivity index (χ0) is 7.11. The van der Waals surface area contributed by atoms with Crippen LogP contribution in [-0.4, -0.2) is 24.0 Å². The largest absolute Gasteiger partial charge is 0.396 e. The van der Waals surface area contributed by atoms with Crippen LogP contribution in [0.25, 0.3) is 0 Å². The van der Waals surface area contributed by atoms with Crippen LogP contribution in [0.2, 0.25) is 0 Å². The summed E-state index contributed by atoms with van der Waals surface area (Å²) in [5.41, 5.74) is 3.82. The van der Waals surface area contributed by atoms with E-state index in [2.05, 4.69) is 10.5 Å². The summed E-state index contributed by atoms with van der Waals surface area (Å²) >= 11 is 0. The summed E-state index contributed by atoms with van der Waals surface area (Å²) in [6.45, 7) is 4.82. The minimum Gasteiger partial charge on any atom is -0.396 e. The van der Waals surface area contributed by atoms with Crippen LogP contribution >= 0.6 is 0 Å². The Morgan fingerprint density at radius 1 is 1.56 bits per heavy atom. The molecule has 0 unspecified atom stereocenters. The van der Waals surface area contributed by atoms with E-state index in [0.29, 0.717) is 0 Å². The fourth-order valence-corrected chi connectivity index (χ4v) is 0.372. The second-order valence-electron chi connectivity index (χ2n) is 2.04. The van der Waals surface area contributed by atoms with E-state index in [4.69, 9.17) is 5.11 Å². The molecule has 0 amide bonds. The average molecular weight is 130 g/mol. The Balaban J connectivity index is 3.00. The van der Waals surface area contributed by atoms with E-state index >= 15 is 0 Å². The maximum Gasteiger partial charge on any atom is 0.0448 e. The monoisotopic (exact) mass is 130 g/mol. The summed E-state index contributed by atoms with van der Waals surface area (Å²) < 4.78 is 0. The number of hydrogen-bond acceptors (Lipinski definition) is 3. The number of aliphatic hydroxyl groups is 1. The van der Waals surface area contributed by atoms with Crippen molar-refractivity contribution in [3.05, 3.63) is 0 Å². The lowest BCUT2D eigenvalue weighted by atomic mass is 10.5. The molecule has 0 spiro atoms. The quantitative estimate of drug-likeness (QED) is 0.328. The SMILES string of the molecule is CC(C)=NNCCCO. The summed E-state index contributed by atoms with van der Waals surface area (Å²) in [5.74, 6) is 0. The van der Waals surface area contributed by atoms with Gasteiger partial charge in [0.25, 0.3) is 0 Å². The third-order valence-corrected chi connectivity index (χ3v) is 0.749. The van der Waals surface area contributed by atoms with Crippen molar-refractivity contribution in [3.8, 4) is 0 Å². The number of hydrazone groups is 1. The van der Waals surface area contributed by atoms with E-state index < -0.39 is 0 Å². The van der Waals surface area contributed by atoms with Crippen LogP contribution in [0.5, 0.6) is 0 Å². The van der Waals surface area contributed by atoms with Gasteiger partial charge in [-0.3, -0.25) is 0 Å². The maximum atomic E-state index is 8.34. The molecule has 0 aliphatic carbocycles. The number of nitrogens with one attached hydrogen (secondary N) is 1. The zero-order valence-electron chi connectivity index (χ0n) is 6.02. The lowest BCUT2D eigenvalue weighted by Gasteiger charge is -1.96. The predicted molar refractivity (Wildman–Crippen MR) is 38.5 cm³/mol. The second-order valence-corrected chi connectivity index (χ2v) is 2.04. The molecule has 0 saturated heterocycles. The first kappa shape index (κ1) is 8.43. The summed E-state index contributed by atoms with van der Waals surface area (Å²) in [6.07, 6.45) is 0.761. The van der Waals surface area contributed by atoms with Crippen molar-refractivity contribution in [2.75, 3.05) is 13.2 Å². The molecule has 54 valence electrons. The molecule has 0 aliphatic rings. The summed E-state index contributed by atoms with van der Waals surface area (Å²) in [7, 11) is 0. The Hall–Kier alpha value is -0.570. The molecule has 0 bridgehead atoms. The van der Waals surface area contributed by atoms with Crippen molar-refractivity contribution < 1.29 is 5.11 Å². The lowest BCUT2D eigenvalue weighted by Crippen LogP contribution is -2.10. The van der Waals surface area contributed by atoms with E-state index in [9.17, 15) is 0 Å². The minimum atomic E-state index is 0.227. The van der Waals surface area contributed by atoms with Gasteiger partial charge in [0.15, 0.2) is 0 Å². The molecule has 0 aromatic heterocycles. The lowest BCUT2D eigenvalue weighted by molar-refractivity contribution is 0.286. The molecular formula is C6H14N2O. The van der Waals surface area contributed by atoms with Gasteiger partial charge in [0.2, 0.25) is 0 Å². The fourth-order valence-electron chi connectivity index (χ4n) is 0.372. The van der Waals surface area contributed by atoms with Gasteiger partial charge < -0.3 is 10.5 Å². The number of hydrogen-bond donors (Lipinski definition) is 2. The highest BCUT2D eigenvalue weighted by molar-refractivity contribution is 5.78. The van der Waals surface area contributed by atoms with Crippen molar-refractivity contribution in [2.24, 2.45) is 5.10 Å². The van der Waals surface area contributed by atoms with Crippen LogP contribution in [0.15, 0.2) is 5.10 Å². The highest BCUT2D eigenvalue weighted by Gasteiger charge is 1.80. The highest BCUT2D eigenvalue weighted by Crippen LogP contribution is 1.73. The van der Waals surface area contributed by atoms with Gasteiger partial charge >= 0.3 is 0 Å². The number of aliphatic hydroxyl groups excluding tert-OH is 1.